The maximum absolute atomic E-state index is 11.8. The van der Waals surface area contributed by atoms with Gasteiger partial charge in [-0.2, -0.15) is 0 Å². The Kier molecular flexibility index (Phi) is 4.18. The van der Waals surface area contributed by atoms with Gasteiger partial charge in [-0.15, -0.1) is 0 Å². The van der Waals surface area contributed by atoms with Crippen LogP contribution in [0.4, 0.5) is 0 Å². The zero-order valence-corrected chi connectivity index (χ0v) is 11.3. The Balaban J connectivity index is 1.88. The van der Waals surface area contributed by atoms with E-state index >= 15 is 0 Å². The molecular formula is C13H15BrO3. The van der Waals surface area contributed by atoms with Gasteiger partial charge in [0.1, 0.15) is 12.4 Å². The molecule has 1 fully saturated rings. The molecule has 92 valence electrons. The smallest absolute Gasteiger partial charge is 0.175 e. The summed E-state index contributed by atoms with van der Waals surface area (Å²) < 4.78 is 11.7. The molecule has 4 heteroatoms. The Hall–Kier alpha value is -0.870. The third-order valence-electron chi connectivity index (χ3n) is 2.90. The van der Waals surface area contributed by atoms with Crippen LogP contribution in [0.1, 0.15) is 12.0 Å². The lowest BCUT2D eigenvalue weighted by molar-refractivity contribution is -0.124. The third kappa shape index (κ3) is 3.30. The highest BCUT2D eigenvalue weighted by atomic mass is 79.9. The molecule has 0 saturated carbocycles. The van der Waals surface area contributed by atoms with E-state index in [4.69, 9.17) is 9.47 Å². The standard InChI is InChI=1S/C13H15BrO3/c1-9-6-11(2-3-12(9)14)17-8-13(15)10-4-5-16-7-10/h2-3,6,10H,4-5,7-8H2,1H3. The number of halogens is 1. The molecule has 0 radical (unpaired) electrons. The summed E-state index contributed by atoms with van der Waals surface area (Å²) >= 11 is 3.42. The molecule has 1 heterocycles. The van der Waals surface area contributed by atoms with Crippen molar-refractivity contribution in [3.63, 3.8) is 0 Å². The van der Waals surface area contributed by atoms with Crippen molar-refractivity contribution in [1.29, 1.82) is 0 Å². The second kappa shape index (κ2) is 5.65. The molecule has 0 amide bonds. The molecule has 2 rings (SSSR count). The average Bonchev–Trinajstić information content (AvgIpc) is 2.84. The highest BCUT2D eigenvalue weighted by Crippen LogP contribution is 2.22. The summed E-state index contributed by atoms with van der Waals surface area (Å²) in [6.45, 7) is 3.36. The van der Waals surface area contributed by atoms with Gasteiger partial charge in [-0.3, -0.25) is 4.79 Å². The van der Waals surface area contributed by atoms with Crippen molar-refractivity contribution in [1.82, 2.24) is 0 Å². The highest BCUT2D eigenvalue weighted by Gasteiger charge is 2.23. The van der Waals surface area contributed by atoms with E-state index in [0.29, 0.717) is 13.2 Å². The number of ether oxygens (including phenoxy) is 2. The zero-order valence-electron chi connectivity index (χ0n) is 9.74. The summed E-state index contributed by atoms with van der Waals surface area (Å²) in [7, 11) is 0. The van der Waals surface area contributed by atoms with E-state index in [9.17, 15) is 4.79 Å². The van der Waals surface area contributed by atoms with E-state index in [1.165, 1.54) is 0 Å². The Morgan fingerprint density at radius 2 is 2.41 bits per heavy atom. The van der Waals surface area contributed by atoms with Gasteiger partial charge in [-0.25, -0.2) is 0 Å². The molecule has 1 aliphatic rings. The number of rotatable bonds is 4. The predicted molar refractivity (Wildman–Crippen MR) is 68.3 cm³/mol. The molecule has 0 N–H and O–H groups in total. The minimum Gasteiger partial charge on any atom is -0.486 e. The van der Waals surface area contributed by atoms with E-state index in [-0.39, 0.29) is 18.3 Å². The van der Waals surface area contributed by atoms with Gasteiger partial charge in [0.2, 0.25) is 0 Å². The Morgan fingerprint density at radius 1 is 1.59 bits per heavy atom. The number of benzene rings is 1. The van der Waals surface area contributed by atoms with Crippen LogP contribution in [-0.4, -0.2) is 25.6 Å². The van der Waals surface area contributed by atoms with Crippen molar-refractivity contribution in [3.8, 4) is 5.75 Å². The van der Waals surface area contributed by atoms with Crippen molar-refractivity contribution >= 4 is 21.7 Å². The van der Waals surface area contributed by atoms with Crippen molar-refractivity contribution in [2.45, 2.75) is 13.3 Å². The molecular weight excluding hydrogens is 284 g/mol. The average molecular weight is 299 g/mol. The maximum Gasteiger partial charge on any atom is 0.175 e. The number of aryl methyl sites for hydroxylation is 1. The van der Waals surface area contributed by atoms with Gasteiger partial charge in [-0.05, 0) is 37.1 Å². The minimum absolute atomic E-state index is 0.0199. The first-order valence-electron chi connectivity index (χ1n) is 5.66. The molecule has 0 aliphatic carbocycles. The number of carbonyl (C=O) groups excluding carboxylic acids is 1. The molecule has 0 aromatic heterocycles. The number of ketones is 1. The van der Waals surface area contributed by atoms with E-state index in [2.05, 4.69) is 15.9 Å². The lowest BCUT2D eigenvalue weighted by Crippen LogP contribution is -2.21. The number of hydrogen-bond acceptors (Lipinski definition) is 3. The van der Waals surface area contributed by atoms with Crippen molar-refractivity contribution in [3.05, 3.63) is 28.2 Å². The maximum atomic E-state index is 11.8. The van der Waals surface area contributed by atoms with Crippen LogP contribution in [0.5, 0.6) is 5.75 Å². The van der Waals surface area contributed by atoms with Crippen LogP contribution in [0.25, 0.3) is 0 Å². The Bertz CT molecular complexity index is 411. The van der Waals surface area contributed by atoms with E-state index in [1.807, 2.05) is 25.1 Å². The molecule has 1 aromatic rings. The van der Waals surface area contributed by atoms with Crippen LogP contribution in [0.2, 0.25) is 0 Å². The molecule has 1 saturated heterocycles. The SMILES string of the molecule is Cc1cc(OCC(=O)C2CCOC2)ccc1Br. The van der Waals surface area contributed by atoms with Crippen LogP contribution in [0.3, 0.4) is 0 Å². The molecule has 17 heavy (non-hydrogen) atoms. The first-order valence-corrected chi connectivity index (χ1v) is 6.45. The summed E-state index contributed by atoms with van der Waals surface area (Å²) in [5.74, 6) is 0.882. The lowest BCUT2D eigenvalue weighted by Gasteiger charge is -2.09. The topological polar surface area (TPSA) is 35.5 Å². The van der Waals surface area contributed by atoms with Crippen LogP contribution in [0, 0.1) is 12.8 Å². The van der Waals surface area contributed by atoms with E-state index in [0.717, 1.165) is 22.2 Å². The number of hydrogen-bond donors (Lipinski definition) is 0. The summed E-state index contributed by atoms with van der Waals surface area (Å²) in [6, 6.07) is 5.70. The molecule has 1 aromatic carbocycles. The third-order valence-corrected chi connectivity index (χ3v) is 3.79. The van der Waals surface area contributed by atoms with Crippen molar-refractivity contribution < 1.29 is 14.3 Å². The van der Waals surface area contributed by atoms with Crippen LogP contribution < -0.4 is 4.74 Å². The van der Waals surface area contributed by atoms with Crippen LogP contribution in [0.15, 0.2) is 22.7 Å². The van der Waals surface area contributed by atoms with Gasteiger partial charge in [0, 0.05) is 17.0 Å². The fraction of sp³-hybridized carbons (Fsp3) is 0.462. The normalized spacial score (nSPS) is 19.3. The zero-order chi connectivity index (χ0) is 12.3. The summed E-state index contributed by atoms with van der Waals surface area (Å²) in [6.07, 6.45) is 0.821. The molecule has 0 bridgehead atoms. The van der Waals surface area contributed by atoms with Gasteiger partial charge in [-0.1, -0.05) is 15.9 Å². The second-order valence-corrected chi connectivity index (χ2v) is 5.08. The monoisotopic (exact) mass is 298 g/mol. The molecule has 0 spiro atoms. The largest absolute Gasteiger partial charge is 0.486 e. The molecule has 1 unspecified atom stereocenters. The Morgan fingerprint density at radius 3 is 3.06 bits per heavy atom. The molecule has 1 atom stereocenters. The van der Waals surface area contributed by atoms with Crippen LogP contribution >= 0.6 is 15.9 Å². The quantitative estimate of drug-likeness (QED) is 0.857. The fourth-order valence-electron chi connectivity index (χ4n) is 1.77. The van der Waals surface area contributed by atoms with E-state index in [1.54, 1.807) is 0 Å². The van der Waals surface area contributed by atoms with Gasteiger partial charge < -0.3 is 9.47 Å². The summed E-state index contributed by atoms with van der Waals surface area (Å²) in [4.78, 5) is 11.8. The fourth-order valence-corrected chi connectivity index (χ4v) is 2.01. The van der Waals surface area contributed by atoms with Crippen molar-refractivity contribution in [2.75, 3.05) is 19.8 Å². The summed E-state index contributed by atoms with van der Waals surface area (Å²) in [5, 5.41) is 0. The van der Waals surface area contributed by atoms with E-state index < -0.39 is 0 Å². The van der Waals surface area contributed by atoms with Crippen LogP contribution in [-0.2, 0) is 9.53 Å². The first kappa shape index (κ1) is 12.6. The van der Waals surface area contributed by atoms with Gasteiger partial charge >= 0.3 is 0 Å². The molecule has 1 aliphatic heterocycles. The lowest BCUT2D eigenvalue weighted by atomic mass is 10.0. The summed E-state index contributed by atoms with van der Waals surface area (Å²) in [5.41, 5.74) is 1.10. The van der Waals surface area contributed by atoms with Gasteiger partial charge in [0.25, 0.3) is 0 Å². The number of Topliss-reactive ketones (excluding diaryl/α,β-unsaturated/α-hetero) is 1. The predicted octanol–water partition coefficient (Wildman–Crippen LogP) is 2.74. The van der Waals surface area contributed by atoms with Crippen molar-refractivity contribution in [2.24, 2.45) is 5.92 Å². The highest BCUT2D eigenvalue weighted by molar-refractivity contribution is 9.10. The Labute approximate surface area is 109 Å². The minimum atomic E-state index is 0.0199. The van der Waals surface area contributed by atoms with Gasteiger partial charge in [0.05, 0.1) is 6.61 Å². The second-order valence-electron chi connectivity index (χ2n) is 4.23. The first-order chi connectivity index (χ1) is 8.16. The molecule has 3 nitrogen and oxygen atoms in total. The number of carbonyl (C=O) groups is 1. The van der Waals surface area contributed by atoms with Gasteiger partial charge in [0.15, 0.2) is 5.78 Å².